The van der Waals surface area contributed by atoms with Gasteiger partial charge in [0.15, 0.2) is 0 Å². The Hall–Kier alpha value is -7.28. The van der Waals surface area contributed by atoms with Crippen molar-refractivity contribution in [3.05, 3.63) is 206 Å². The summed E-state index contributed by atoms with van der Waals surface area (Å²) in [5.41, 5.74) is 12.3. The van der Waals surface area contributed by atoms with Crippen LogP contribution in [0.15, 0.2) is 206 Å². The summed E-state index contributed by atoms with van der Waals surface area (Å²) >= 11 is 0. The van der Waals surface area contributed by atoms with Crippen molar-refractivity contribution in [1.82, 2.24) is 0 Å². The molecule has 0 radical (unpaired) electrons. The van der Waals surface area contributed by atoms with E-state index in [0.717, 1.165) is 0 Å². The van der Waals surface area contributed by atoms with Crippen LogP contribution in [0.25, 0.3) is 120 Å². The standard InChI is InChI=1S/C56H34/c1-3-9-35(10-4-1)45-28-25-44(34-52(45)48-30-22-42-20-18-38-14-8-16-40-24-32-50(48)56(42)54(38)40)47-29-26-43(33-51(47)36-11-5-2-6-12-36)46-27-21-41-19-17-37-13-7-15-39-23-31-49(46)55(41)53(37)39/h1-34H. The van der Waals surface area contributed by atoms with Crippen molar-refractivity contribution in [3.8, 4) is 55.6 Å². The fourth-order valence-corrected chi connectivity index (χ4v) is 9.58. The van der Waals surface area contributed by atoms with Crippen LogP contribution in [0.1, 0.15) is 0 Å². The Morgan fingerprint density at radius 1 is 0.179 bits per heavy atom. The molecule has 0 fully saturated rings. The van der Waals surface area contributed by atoms with Crippen LogP contribution in [0.4, 0.5) is 0 Å². The molecule has 12 rings (SSSR count). The highest BCUT2D eigenvalue weighted by molar-refractivity contribution is 6.27. The Balaban J connectivity index is 1.10. The maximum Gasteiger partial charge on any atom is -0.00206 e. The second-order valence-electron chi connectivity index (χ2n) is 15.2. The first-order valence-electron chi connectivity index (χ1n) is 19.5. The summed E-state index contributed by atoms with van der Waals surface area (Å²) in [7, 11) is 0. The highest BCUT2D eigenvalue weighted by Crippen LogP contribution is 2.46. The molecule has 0 amide bonds. The van der Waals surface area contributed by atoms with Crippen molar-refractivity contribution < 1.29 is 0 Å². The first-order valence-corrected chi connectivity index (χ1v) is 19.5. The predicted octanol–water partition coefficient (Wildman–Crippen LogP) is 15.8. The molecule has 0 saturated carbocycles. The highest BCUT2D eigenvalue weighted by atomic mass is 14.2. The Morgan fingerprint density at radius 3 is 1.11 bits per heavy atom. The minimum atomic E-state index is 1.20. The topological polar surface area (TPSA) is 0 Å². The van der Waals surface area contributed by atoms with Gasteiger partial charge < -0.3 is 0 Å². The zero-order valence-corrected chi connectivity index (χ0v) is 30.6. The van der Waals surface area contributed by atoms with E-state index in [1.165, 1.54) is 120 Å². The first-order chi connectivity index (χ1) is 27.8. The molecule has 0 aliphatic carbocycles. The van der Waals surface area contributed by atoms with E-state index in [4.69, 9.17) is 0 Å². The van der Waals surface area contributed by atoms with Crippen LogP contribution >= 0.6 is 0 Å². The van der Waals surface area contributed by atoms with E-state index >= 15 is 0 Å². The maximum atomic E-state index is 2.44. The Kier molecular flexibility index (Phi) is 6.73. The van der Waals surface area contributed by atoms with Gasteiger partial charge in [-0.3, -0.25) is 0 Å². The fourth-order valence-electron chi connectivity index (χ4n) is 9.58. The summed E-state index contributed by atoms with van der Waals surface area (Å²) in [6.07, 6.45) is 0. The normalized spacial score (nSPS) is 11.9. The summed E-state index contributed by atoms with van der Waals surface area (Å²) in [4.78, 5) is 0. The molecule has 0 heterocycles. The molecule has 0 aliphatic heterocycles. The maximum absolute atomic E-state index is 2.44. The molecule has 0 unspecified atom stereocenters. The lowest BCUT2D eigenvalue weighted by Gasteiger charge is -2.19. The van der Waals surface area contributed by atoms with Gasteiger partial charge in [-0.05, 0) is 132 Å². The molecule has 0 bridgehead atoms. The van der Waals surface area contributed by atoms with Crippen LogP contribution in [0.3, 0.4) is 0 Å². The molecule has 0 nitrogen and oxygen atoms in total. The van der Waals surface area contributed by atoms with E-state index in [9.17, 15) is 0 Å². The van der Waals surface area contributed by atoms with Gasteiger partial charge in [0, 0.05) is 0 Å². The average molecular weight is 707 g/mol. The summed E-state index contributed by atoms with van der Waals surface area (Å²) in [5.74, 6) is 0. The first kappa shape index (κ1) is 31.1. The van der Waals surface area contributed by atoms with E-state index in [-0.39, 0.29) is 0 Å². The van der Waals surface area contributed by atoms with Crippen molar-refractivity contribution in [1.29, 1.82) is 0 Å². The second kappa shape index (κ2) is 12.1. The molecular weight excluding hydrogens is 673 g/mol. The molecule has 258 valence electrons. The average Bonchev–Trinajstić information content (AvgIpc) is 3.27. The third kappa shape index (κ3) is 4.66. The van der Waals surface area contributed by atoms with Crippen molar-refractivity contribution >= 4 is 64.6 Å². The van der Waals surface area contributed by atoms with E-state index in [0.29, 0.717) is 0 Å². The summed E-state index contributed by atoms with van der Waals surface area (Å²) in [6.45, 7) is 0. The molecule has 0 spiro atoms. The zero-order chi connectivity index (χ0) is 36.7. The SMILES string of the molecule is c1ccc(-c2cc(-c3ccc4ccc5cccc6ccc3c4c56)ccc2-c2ccc(-c3ccccc3)c(-c3ccc4ccc5cccc6ccc3c4c56)c2)cc1. The zero-order valence-electron chi connectivity index (χ0n) is 30.6. The third-order valence-electron chi connectivity index (χ3n) is 12.2. The molecule has 0 heteroatoms. The third-order valence-corrected chi connectivity index (χ3v) is 12.2. The molecule has 0 aliphatic rings. The lowest BCUT2D eigenvalue weighted by Crippen LogP contribution is -1.93. The summed E-state index contributed by atoms with van der Waals surface area (Å²) < 4.78 is 0. The largest absolute Gasteiger partial charge is 0.0622 e. The van der Waals surface area contributed by atoms with Crippen molar-refractivity contribution in [2.75, 3.05) is 0 Å². The lowest BCUT2D eigenvalue weighted by molar-refractivity contribution is 1.56. The van der Waals surface area contributed by atoms with Crippen LogP contribution < -0.4 is 0 Å². The number of hydrogen-bond donors (Lipinski definition) is 0. The lowest BCUT2D eigenvalue weighted by atomic mass is 9.84. The van der Waals surface area contributed by atoms with Gasteiger partial charge in [0.25, 0.3) is 0 Å². The van der Waals surface area contributed by atoms with Gasteiger partial charge in [-0.2, -0.15) is 0 Å². The van der Waals surface area contributed by atoms with Crippen molar-refractivity contribution in [3.63, 3.8) is 0 Å². The minimum absolute atomic E-state index is 1.20. The number of hydrogen-bond acceptors (Lipinski definition) is 0. The van der Waals surface area contributed by atoms with E-state index in [1.807, 2.05) is 0 Å². The molecule has 12 aromatic rings. The van der Waals surface area contributed by atoms with Crippen LogP contribution in [-0.2, 0) is 0 Å². The van der Waals surface area contributed by atoms with Gasteiger partial charge in [0.05, 0.1) is 0 Å². The minimum Gasteiger partial charge on any atom is -0.0622 e. The highest BCUT2D eigenvalue weighted by Gasteiger charge is 2.19. The summed E-state index contributed by atoms with van der Waals surface area (Å²) in [6, 6.07) is 76.7. The van der Waals surface area contributed by atoms with Crippen LogP contribution in [0, 0.1) is 0 Å². The van der Waals surface area contributed by atoms with Crippen molar-refractivity contribution in [2.45, 2.75) is 0 Å². The Labute approximate surface area is 325 Å². The monoisotopic (exact) mass is 706 g/mol. The van der Waals surface area contributed by atoms with Gasteiger partial charge in [-0.25, -0.2) is 0 Å². The van der Waals surface area contributed by atoms with Gasteiger partial charge in [0.2, 0.25) is 0 Å². The molecular formula is C56H34. The van der Waals surface area contributed by atoms with Crippen molar-refractivity contribution in [2.24, 2.45) is 0 Å². The molecule has 0 N–H and O–H groups in total. The quantitative estimate of drug-likeness (QED) is 0.156. The smallest absolute Gasteiger partial charge is 0.00206 e. The molecule has 56 heavy (non-hydrogen) atoms. The Morgan fingerprint density at radius 2 is 0.554 bits per heavy atom. The summed E-state index contributed by atoms with van der Waals surface area (Å²) in [5, 5.41) is 15.7. The van der Waals surface area contributed by atoms with E-state index in [2.05, 4.69) is 206 Å². The number of rotatable bonds is 5. The van der Waals surface area contributed by atoms with Crippen LogP contribution in [-0.4, -0.2) is 0 Å². The van der Waals surface area contributed by atoms with Gasteiger partial charge >= 0.3 is 0 Å². The van der Waals surface area contributed by atoms with Crippen LogP contribution in [0.5, 0.6) is 0 Å². The second-order valence-corrected chi connectivity index (χ2v) is 15.2. The number of benzene rings is 12. The predicted molar refractivity (Wildman–Crippen MR) is 241 cm³/mol. The van der Waals surface area contributed by atoms with Crippen LogP contribution in [0.2, 0.25) is 0 Å². The molecule has 0 aromatic heterocycles. The Bertz CT molecular complexity index is 3410. The van der Waals surface area contributed by atoms with E-state index < -0.39 is 0 Å². The molecule has 0 saturated heterocycles. The molecule has 0 atom stereocenters. The van der Waals surface area contributed by atoms with E-state index in [1.54, 1.807) is 0 Å². The van der Waals surface area contributed by atoms with Gasteiger partial charge in [-0.1, -0.05) is 194 Å². The van der Waals surface area contributed by atoms with Gasteiger partial charge in [-0.15, -0.1) is 0 Å². The fraction of sp³-hybridized carbons (Fsp3) is 0. The molecule has 12 aromatic carbocycles. The van der Waals surface area contributed by atoms with Gasteiger partial charge in [0.1, 0.15) is 0 Å².